The number of aliphatic hydroxyl groups is 1. The van der Waals surface area contributed by atoms with Gasteiger partial charge >= 0.3 is 0 Å². The van der Waals surface area contributed by atoms with Crippen molar-refractivity contribution in [1.82, 2.24) is 9.55 Å². The van der Waals surface area contributed by atoms with Crippen LogP contribution in [0.2, 0.25) is 0 Å². The Balaban J connectivity index is 2.11. The third kappa shape index (κ3) is 2.65. The Kier molecular flexibility index (Phi) is 3.44. The number of para-hydroxylation sites is 1. The molecule has 0 saturated carbocycles. The van der Waals surface area contributed by atoms with E-state index in [1.165, 1.54) is 0 Å². The van der Waals surface area contributed by atoms with E-state index >= 15 is 0 Å². The third-order valence-electron chi connectivity index (χ3n) is 2.65. The number of nitrogens with zero attached hydrogens (tertiary/aromatic N) is 2. The highest BCUT2D eigenvalue weighted by Gasteiger charge is 2.09. The maximum atomic E-state index is 9.62. The number of ether oxygens (including phenoxy) is 1. The van der Waals surface area contributed by atoms with Gasteiger partial charge in [0, 0.05) is 25.0 Å². The minimum absolute atomic E-state index is 0.396. The molecule has 0 unspecified atom stereocenters. The van der Waals surface area contributed by atoms with E-state index in [0.717, 1.165) is 11.4 Å². The summed E-state index contributed by atoms with van der Waals surface area (Å²) in [4.78, 5) is 4.18. The molecule has 17 heavy (non-hydrogen) atoms. The molecule has 1 atom stereocenters. The van der Waals surface area contributed by atoms with Gasteiger partial charge in [-0.2, -0.15) is 0 Å². The van der Waals surface area contributed by atoms with Crippen molar-refractivity contribution < 1.29 is 9.84 Å². The molecule has 2 rings (SSSR count). The third-order valence-corrected chi connectivity index (χ3v) is 2.65. The Morgan fingerprint density at radius 1 is 1.41 bits per heavy atom. The van der Waals surface area contributed by atoms with Gasteiger partial charge in [-0.15, -0.1) is 0 Å². The summed E-state index contributed by atoms with van der Waals surface area (Å²) in [5.74, 6) is 1.55. The van der Waals surface area contributed by atoms with Crippen molar-refractivity contribution >= 4 is 0 Å². The van der Waals surface area contributed by atoms with E-state index in [9.17, 15) is 5.11 Å². The van der Waals surface area contributed by atoms with E-state index in [1.54, 1.807) is 13.1 Å². The molecule has 1 aromatic heterocycles. The van der Waals surface area contributed by atoms with Gasteiger partial charge in [-0.05, 0) is 13.0 Å². The molecule has 1 heterocycles. The molecule has 0 saturated heterocycles. The summed E-state index contributed by atoms with van der Waals surface area (Å²) in [6.07, 6.45) is 3.07. The maximum absolute atomic E-state index is 9.62. The molecular formula is C13H16N2O2. The first-order valence-electron chi connectivity index (χ1n) is 5.54. The monoisotopic (exact) mass is 232 g/mol. The molecule has 0 aliphatic heterocycles. The van der Waals surface area contributed by atoms with Gasteiger partial charge in [0.2, 0.25) is 0 Å². The van der Waals surface area contributed by atoms with Crippen molar-refractivity contribution in [3.8, 4) is 5.75 Å². The molecule has 90 valence electrons. The fraction of sp³-hybridized carbons (Fsp3) is 0.308. The molecule has 1 aromatic carbocycles. The highest BCUT2D eigenvalue weighted by Crippen LogP contribution is 2.25. The van der Waals surface area contributed by atoms with Crippen LogP contribution in [0.5, 0.6) is 5.75 Å². The Hall–Kier alpha value is -1.81. The fourth-order valence-corrected chi connectivity index (χ4v) is 1.63. The first-order valence-corrected chi connectivity index (χ1v) is 5.54. The van der Waals surface area contributed by atoms with Crippen LogP contribution in [0.3, 0.4) is 0 Å². The number of rotatable bonds is 4. The molecular weight excluding hydrogens is 216 g/mol. The molecule has 0 aliphatic rings. The highest BCUT2D eigenvalue weighted by molar-refractivity contribution is 5.34. The zero-order valence-corrected chi connectivity index (χ0v) is 10.00. The fourth-order valence-electron chi connectivity index (χ4n) is 1.63. The lowest BCUT2D eigenvalue weighted by Crippen LogP contribution is -2.05. The van der Waals surface area contributed by atoms with Crippen molar-refractivity contribution in [3.63, 3.8) is 0 Å². The number of aromatic nitrogens is 2. The molecule has 0 radical (unpaired) electrons. The van der Waals surface area contributed by atoms with Crippen LogP contribution < -0.4 is 4.74 Å². The van der Waals surface area contributed by atoms with Crippen molar-refractivity contribution in [2.75, 3.05) is 0 Å². The van der Waals surface area contributed by atoms with Gasteiger partial charge in [-0.1, -0.05) is 18.2 Å². The molecule has 2 aromatic rings. The number of aryl methyl sites for hydroxylation is 1. The normalized spacial score (nSPS) is 12.4. The molecule has 0 aliphatic carbocycles. The average Bonchev–Trinajstić information content (AvgIpc) is 2.72. The van der Waals surface area contributed by atoms with E-state index in [1.807, 2.05) is 42.1 Å². The number of hydrogen-bond acceptors (Lipinski definition) is 3. The van der Waals surface area contributed by atoms with Gasteiger partial charge in [0.25, 0.3) is 0 Å². The first kappa shape index (κ1) is 11.7. The summed E-state index contributed by atoms with van der Waals surface area (Å²) < 4.78 is 7.59. The Morgan fingerprint density at radius 2 is 2.18 bits per heavy atom. The number of imidazole rings is 1. The van der Waals surface area contributed by atoms with Crippen molar-refractivity contribution in [1.29, 1.82) is 0 Å². The Bertz CT molecular complexity index is 492. The van der Waals surface area contributed by atoms with Crippen LogP contribution in [0.1, 0.15) is 24.4 Å². The van der Waals surface area contributed by atoms with Crippen molar-refractivity contribution in [3.05, 3.63) is 48.0 Å². The van der Waals surface area contributed by atoms with Crippen LogP contribution in [0.25, 0.3) is 0 Å². The zero-order valence-electron chi connectivity index (χ0n) is 10.00. The van der Waals surface area contributed by atoms with E-state index in [-0.39, 0.29) is 0 Å². The van der Waals surface area contributed by atoms with Crippen LogP contribution >= 0.6 is 0 Å². The van der Waals surface area contributed by atoms with Crippen LogP contribution in [0.4, 0.5) is 0 Å². The maximum Gasteiger partial charge on any atom is 0.146 e. The number of benzene rings is 1. The van der Waals surface area contributed by atoms with Crippen LogP contribution in [0, 0.1) is 0 Å². The van der Waals surface area contributed by atoms with Gasteiger partial charge in [0.15, 0.2) is 0 Å². The number of aliphatic hydroxyl groups excluding tert-OH is 1. The van der Waals surface area contributed by atoms with Crippen molar-refractivity contribution in [2.24, 2.45) is 7.05 Å². The summed E-state index contributed by atoms with van der Waals surface area (Å²) >= 11 is 0. The molecule has 0 fully saturated rings. The second kappa shape index (κ2) is 5.01. The lowest BCUT2D eigenvalue weighted by atomic mass is 10.1. The summed E-state index contributed by atoms with van der Waals surface area (Å²) in [5, 5.41) is 9.62. The van der Waals surface area contributed by atoms with Crippen LogP contribution in [-0.4, -0.2) is 14.7 Å². The minimum Gasteiger partial charge on any atom is -0.485 e. The van der Waals surface area contributed by atoms with E-state index < -0.39 is 6.10 Å². The second-order valence-electron chi connectivity index (χ2n) is 3.96. The molecule has 0 bridgehead atoms. The Morgan fingerprint density at radius 3 is 2.82 bits per heavy atom. The Labute approximate surface area is 100 Å². The molecule has 4 nitrogen and oxygen atoms in total. The average molecular weight is 232 g/mol. The topological polar surface area (TPSA) is 47.3 Å². The standard InChI is InChI=1S/C13H16N2O2/c1-10(16)11-5-3-4-6-12(11)17-9-13-14-7-8-15(13)2/h3-8,10,16H,9H2,1-2H3/t10-/m1/s1. The molecule has 4 heteroatoms. The summed E-state index contributed by atoms with van der Waals surface area (Å²) in [6.45, 7) is 2.12. The van der Waals surface area contributed by atoms with Gasteiger partial charge in [0.05, 0.1) is 6.10 Å². The highest BCUT2D eigenvalue weighted by atomic mass is 16.5. The number of hydrogen-bond donors (Lipinski definition) is 1. The lowest BCUT2D eigenvalue weighted by Gasteiger charge is -2.12. The van der Waals surface area contributed by atoms with Gasteiger partial charge < -0.3 is 14.4 Å². The largest absolute Gasteiger partial charge is 0.485 e. The van der Waals surface area contributed by atoms with Crippen LogP contribution in [-0.2, 0) is 13.7 Å². The predicted molar refractivity (Wildman–Crippen MR) is 64.6 cm³/mol. The summed E-state index contributed by atoms with van der Waals surface area (Å²) in [7, 11) is 1.92. The van der Waals surface area contributed by atoms with Gasteiger partial charge in [-0.25, -0.2) is 4.98 Å². The van der Waals surface area contributed by atoms with E-state index in [0.29, 0.717) is 12.4 Å². The SMILES string of the molecule is C[C@@H](O)c1ccccc1OCc1nccn1C. The first-order chi connectivity index (χ1) is 8.18. The molecule has 0 spiro atoms. The molecule has 1 N–H and O–H groups in total. The predicted octanol–water partition coefficient (Wildman–Crippen LogP) is 2.05. The second-order valence-corrected chi connectivity index (χ2v) is 3.96. The quantitative estimate of drug-likeness (QED) is 0.877. The minimum atomic E-state index is -0.535. The zero-order chi connectivity index (χ0) is 12.3. The summed E-state index contributed by atoms with van der Waals surface area (Å²) in [5.41, 5.74) is 0.793. The summed E-state index contributed by atoms with van der Waals surface area (Å²) in [6, 6.07) is 7.48. The van der Waals surface area contributed by atoms with Crippen molar-refractivity contribution in [2.45, 2.75) is 19.6 Å². The van der Waals surface area contributed by atoms with E-state index in [2.05, 4.69) is 4.98 Å². The van der Waals surface area contributed by atoms with Gasteiger partial charge in [0.1, 0.15) is 18.2 Å². The van der Waals surface area contributed by atoms with Crippen LogP contribution in [0.15, 0.2) is 36.7 Å². The smallest absolute Gasteiger partial charge is 0.146 e. The molecule has 0 amide bonds. The van der Waals surface area contributed by atoms with Gasteiger partial charge in [-0.3, -0.25) is 0 Å². The van der Waals surface area contributed by atoms with E-state index in [4.69, 9.17) is 4.74 Å². The lowest BCUT2D eigenvalue weighted by molar-refractivity contribution is 0.189.